The van der Waals surface area contributed by atoms with Crippen molar-refractivity contribution in [2.45, 2.75) is 9.79 Å². The molecule has 3 nitrogen and oxygen atoms in total. The third-order valence-electron chi connectivity index (χ3n) is 2.41. The van der Waals surface area contributed by atoms with E-state index >= 15 is 0 Å². The van der Waals surface area contributed by atoms with Crippen LogP contribution >= 0.6 is 0 Å². The Bertz CT molecular complexity index is 779. The molecule has 0 N–H and O–H groups in total. The lowest BCUT2D eigenvalue weighted by molar-refractivity contribution is 0.504. The normalized spacial score (nSPS) is 11.0. The fraction of sp³-hybridized carbons (Fsp3) is 0. The Morgan fingerprint density at radius 1 is 1.05 bits per heavy atom. The highest BCUT2D eigenvalue weighted by Crippen LogP contribution is 2.22. The number of halogens is 2. The van der Waals surface area contributed by atoms with E-state index in [2.05, 4.69) is 6.07 Å². The Kier molecular flexibility index (Phi) is 3.32. The van der Waals surface area contributed by atoms with Crippen LogP contribution in [0.4, 0.5) is 8.78 Å². The fourth-order valence-electron chi connectivity index (χ4n) is 1.46. The molecule has 0 fully saturated rings. The summed E-state index contributed by atoms with van der Waals surface area (Å²) in [5.41, 5.74) is 0.0451. The van der Waals surface area contributed by atoms with E-state index in [-0.39, 0.29) is 15.4 Å². The van der Waals surface area contributed by atoms with E-state index in [1.165, 1.54) is 12.1 Å². The van der Waals surface area contributed by atoms with Crippen molar-refractivity contribution in [2.24, 2.45) is 0 Å². The predicted molar refractivity (Wildman–Crippen MR) is 61.8 cm³/mol. The van der Waals surface area contributed by atoms with Crippen LogP contribution in [0.25, 0.3) is 0 Å². The average Bonchev–Trinajstić information content (AvgIpc) is 2.41. The first-order valence-corrected chi connectivity index (χ1v) is 6.55. The van der Waals surface area contributed by atoms with Crippen LogP contribution in [-0.4, -0.2) is 8.42 Å². The van der Waals surface area contributed by atoms with Gasteiger partial charge in [0.15, 0.2) is 11.6 Å². The van der Waals surface area contributed by atoms with Crippen molar-refractivity contribution in [3.8, 4) is 6.07 Å². The number of rotatable bonds is 2. The second kappa shape index (κ2) is 4.78. The van der Waals surface area contributed by atoms with Gasteiger partial charge in [-0.15, -0.1) is 0 Å². The van der Waals surface area contributed by atoms with E-state index in [1.807, 2.05) is 0 Å². The molecular formula is C13H6F2NO2S. The summed E-state index contributed by atoms with van der Waals surface area (Å²) >= 11 is 0. The molecule has 0 saturated heterocycles. The van der Waals surface area contributed by atoms with Crippen LogP contribution in [0.2, 0.25) is 0 Å². The van der Waals surface area contributed by atoms with Gasteiger partial charge in [-0.2, -0.15) is 5.26 Å². The van der Waals surface area contributed by atoms with Crippen molar-refractivity contribution >= 4 is 9.84 Å². The number of benzene rings is 2. The van der Waals surface area contributed by atoms with E-state index < -0.39 is 21.5 Å². The van der Waals surface area contributed by atoms with Gasteiger partial charge in [0.05, 0.1) is 21.4 Å². The largest absolute Gasteiger partial charge is 0.219 e. The quantitative estimate of drug-likeness (QED) is 0.793. The molecule has 0 bridgehead atoms. The number of nitrogens with zero attached hydrogens (tertiary/aromatic N) is 1. The first-order valence-electron chi connectivity index (χ1n) is 5.07. The van der Waals surface area contributed by atoms with Crippen molar-refractivity contribution in [3.05, 3.63) is 59.7 Å². The molecule has 6 heteroatoms. The Morgan fingerprint density at radius 2 is 1.74 bits per heavy atom. The van der Waals surface area contributed by atoms with Crippen LogP contribution in [0.5, 0.6) is 0 Å². The van der Waals surface area contributed by atoms with Crippen LogP contribution in [-0.2, 0) is 9.84 Å². The fourth-order valence-corrected chi connectivity index (χ4v) is 2.76. The molecule has 2 aromatic carbocycles. The molecular weight excluding hydrogens is 272 g/mol. The third-order valence-corrected chi connectivity index (χ3v) is 4.15. The van der Waals surface area contributed by atoms with E-state index in [1.54, 1.807) is 6.07 Å². The minimum absolute atomic E-state index is 0.0451. The second-order valence-corrected chi connectivity index (χ2v) is 5.58. The van der Waals surface area contributed by atoms with Gasteiger partial charge in [0.1, 0.15) is 0 Å². The molecule has 2 aromatic rings. The van der Waals surface area contributed by atoms with E-state index in [9.17, 15) is 17.2 Å². The minimum Gasteiger partial charge on any atom is -0.219 e. The zero-order valence-corrected chi connectivity index (χ0v) is 10.2. The highest BCUT2D eigenvalue weighted by molar-refractivity contribution is 7.91. The van der Waals surface area contributed by atoms with Crippen molar-refractivity contribution in [2.75, 3.05) is 0 Å². The maximum atomic E-state index is 13.1. The van der Waals surface area contributed by atoms with Gasteiger partial charge in [-0.3, -0.25) is 0 Å². The van der Waals surface area contributed by atoms with Crippen molar-refractivity contribution in [3.63, 3.8) is 0 Å². The van der Waals surface area contributed by atoms with Gasteiger partial charge in [0.2, 0.25) is 9.84 Å². The molecule has 0 aliphatic rings. The second-order valence-electron chi connectivity index (χ2n) is 3.63. The first-order chi connectivity index (χ1) is 8.95. The summed E-state index contributed by atoms with van der Waals surface area (Å²) in [5.74, 6) is -2.37. The zero-order valence-electron chi connectivity index (χ0n) is 9.39. The average molecular weight is 278 g/mol. The Balaban J connectivity index is 2.59. The first kappa shape index (κ1) is 13.2. The summed E-state index contributed by atoms with van der Waals surface area (Å²) in [7, 11) is -3.99. The molecule has 0 atom stereocenters. The summed E-state index contributed by atoms with van der Waals surface area (Å²) in [6.07, 6.45) is 0. The molecule has 19 heavy (non-hydrogen) atoms. The van der Waals surface area contributed by atoms with Crippen molar-refractivity contribution in [1.29, 1.82) is 5.26 Å². The van der Waals surface area contributed by atoms with Gasteiger partial charge in [0.25, 0.3) is 0 Å². The molecule has 0 aromatic heterocycles. The molecule has 95 valence electrons. The summed E-state index contributed by atoms with van der Waals surface area (Å²) in [5, 5.41) is 8.69. The molecule has 2 rings (SSSR count). The Labute approximate surface area is 108 Å². The topological polar surface area (TPSA) is 57.9 Å². The van der Waals surface area contributed by atoms with Gasteiger partial charge < -0.3 is 0 Å². The molecule has 0 amide bonds. The maximum absolute atomic E-state index is 13.1. The highest BCUT2D eigenvalue weighted by atomic mass is 32.2. The van der Waals surface area contributed by atoms with E-state index in [0.29, 0.717) is 6.07 Å². The molecule has 0 unspecified atom stereocenters. The predicted octanol–water partition coefficient (Wildman–Crippen LogP) is 2.47. The Morgan fingerprint density at radius 3 is 2.37 bits per heavy atom. The van der Waals surface area contributed by atoms with Crippen molar-refractivity contribution in [1.82, 2.24) is 0 Å². The molecule has 0 heterocycles. The van der Waals surface area contributed by atoms with E-state index in [0.717, 1.165) is 18.2 Å². The third kappa shape index (κ3) is 2.46. The molecule has 0 aliphatic heterocycles. The maximum Gasteiger partial charge on any atom is 0.206 e. The molecule has 0 saturated carbocycles. The molecule has 1 radical (unpaired) electrons. The standard InChI is InChI=1S/C13H6F2NO2S/c14-12-5-4-11(7-13(12)15)19(17,18)10-3-1-2-9(6-10)8-16/h1,3-7H. The number of hydrogen-bond acceptors (Lipinski definition) is 3. The Hall–Kier alpha value is -2.26. The minimum atomic E-state index is -3.99. The van der Waals surface area contributed by atoms with Crippen LogP contribution < -0.4 is 0 Å². The van der Waals surface area contributed by atoms with Gasteiger partial charge in [-0.1, -0.05) is 6.07 Å². The van der Waals surface area contributed by atoms with Crippen LogP contribution in [0.1, 0.15) is 5.56 Å². The summed E-state index contributed by atoms with van der Waals surface area (Å²) < 4.78 is 50.2. The van der Waals surface area contributed by atoms with Crippen LogP contribution in [0.15, 0.2) is 46.2 Å². The lowest BCUT2D eigenvalue weighted by Crippen LogP contribution is -2.03. The summed E-state index contributed by atoms with van der Waals surface area (Å²) in [6, 6.07) is 10.3. The smallest absolute Gasteiger partial charge is 0.206 e. The number of sulfone groups is 1. The monoisotopic (exact) mass is 278 g/mol. The number of hydrogen-bond donors (Lipinski definition) is 0. The van der Waals surface area contributed by atoms with Gasteiger partial charge in [-0.25, -0.2) is 17.2 Å². The van der Waals surface area contributed by atoms with Crippen LogP contribution in [0, 0.1) is 29.0 Å². The lowest BCUT2D eigenvalue weighted by atomic mass is 10.2. The van der Waals surface area contributed by atoms with Crippen LogP contribution in [0.3, 0.4) is 0 Å². The summed E-state index contributed by atoms with van der Waals surface area (Å²) in [4.78, 5) is -0.546. The molecule has 0 aliphatic carbocycles. The highest BCUT2D eigenvalue weighted by Gasteiger charge is 2.19. The van der Waals surface area contributed by atoms with Gasteiger partial charge in [-0.05, 0) is 30.3 Å². The molecule has 0 spiro atoms. The van der Waals surface area contributed by atoms with Crippen molar-refractivity contribution < 1.29 is 17.2 Å². The number of nitriles is 1. The SMILES string of the molecule is N#Cc1[c]ccc(S(=O)(=O)c2ccc(F)c(F)c2)c1. The van der Waals surface area contributed by atoms with Gasteiger partial charge >= 0.3 is 0 Å². The summed E-state index contributed by atoms with van der Waals surface area (Å²) in [6.45, 7) is 0. The lowest BCUT2D eigenvalue weighted by Gasteiger charge is -2.05. The zero-order chi connectivity index (χ0) is 14.0. The van der Waals surface area contributed by atoms with E-state index in [4.69, 9.17) is 5.26 Å². The van der Waals surface area contributed by atoms with Gasteiger partial charge in [0, 0.05) is 6.07 Å².